The molecular weight excluding hydrogens is 313 g/mol. The van der Waals surface area contributed by atoms with Crippen molar-refractivity contribution in [2.45, 2.75) is 12.1 Å². The number of hydrogen-bond acceptors (Lipinski definition) is 3. The Labute approximate surface area is 130 Å². The monoisotopic (exact) mass is 326 g/mol. The Bertz CT molecular complexity index is 610. The summed E-state index contributed by atoms with van der Waals surface area (Å²) in [5.41, 5.74) is -1.61. The summed E-state index contributed by atoms with van der Waals surface area (Å²) in [7, 11) is 0. The van der Waals surface area contributed by atoms with E-state index in [0.29, 0.717) is 0 Å². The SMILES string of the molecule is O=C(CSC(F)(F)F)OCc1ccc(-c2ccccc2)cc1. The van der Waals surface area contributed by atoms with Crippen LogP contribution in [0.25, 0.3) is 11.1 Å². The summed E-state index contributed by atoms with van der Waals surface area (Å²) in [6.45, 7) is -0.0354. The molecule has 0 radical (unpaired) electrons. The predicted molar refractivity (Wildman–Crippen MR) is 80.2 cm³/mol. The van der Waals surface area contributed by atoms with E-state index in [1.807, 2.05) is 42.5 Å². The van der Waals surface area contributed by atoms with Crippen LogP contribution in [0.5, 0.6) is 0 Å². The van der Waals surface area contributed by atoms with E-state index in [1.54, 1.807) is 12.1 Å². The van der Waals surface area contributed by atoms with Gasteiger partial charge in [0.05, 0.1) is 0 Å². The molecule has 0 bridgehead atoms. The van der Waals surface area contributed by atoms with Crippen LogP contribution in [0.3, 0.4) is 0 Å². The van der Waals surface area contributed by atoms with Crippen molar-refractivity contribution in [2.24, 2.45) is 0 Å². The molecule has 0 aliphatic carbocycles. The molecule has 2 aromatic rings. The van der Waals surface area contributed by atoms with Gasteiger partial charge in [0, 0.05) is 0 Å². The largest absolute Gasteiger partial charge is 0.460 e. The molecule has 116 valence electrons. The van der Waals surface area contributed by atoms with Crippen LogP contribution < -0.4 is 0 Å². The number of rotatable bonds is 5. The molecule has 0 saturated carbocycles. The molecule has 2 aromatic carbocycles. The average Bonchev–Trinajstić information content (AvgIpc) is 2.51. The number of halogens is 3. The maximum atomic E-state index is 11.9. The average molecular weight is 326 g/mol. The van der Waals surface area contributed by atoms with Gasteiger partial charge in [0.2, 0.25) is 0 Å². The fraction of sp³-hybridized carbons (Fsp3) is 0.188. The molecule has 0 spiro atoms. The first-order valence-corrected chi connectivity index (χ1v) is 7.43. The van der Waals surface area contributed by atoms with Crippen LogP contribution in [0, 0.1) is 0 Å². The molecule has 22 heavy (non-hydrogen) atoms. The summed E-state index contributed by atoms with van der Waals surface area (Å²) >= 11 is -0.398. The first-order valence-electron chi connectivity index (χ1n) is 6.45. The lowest BCUT2D eigenvalue weighted by Crippen LogP contribution is -2.12. The summed E-state index contributed by atoms with van der Waals surface area (Å²) in [6, 6.07) is 17.1. The first-order chi connectivity index (χ1) is 10.4. The van der Waals surface area contributed by atoms with Crippen LogP contribution in [-0.2, 0) is 16.1 Å². The molecule has 0 unspecified atom stereocenters. The van der Waals surface area contributed by atoms with Crippen molar-refractivity contribution < 1.29 is 22.7 Å². The quantitative estimate of drug-likeness (QED) is 0.748. The number of ether oxygens (including phenoxy) is 1. The second-order valence-corrected chi connectivity index (χ2v) is 5.50. The van der Waals surface area contributed by atoms with Gasteiger partial charge < -0.3 is 4.74 Å². The second kappa shape index (κ2) is 7.35. The molecule has 2 nitrogen and oxygen atoms in total. The summed E-state index contributed by atoms with van der Waals surface area (Å²) in [5.74, 6) is -1.61. The minimum atomic E-state index is -4.42. The molecule has 0 amide bonds. The zero-order valence-electron chi connectivity index (χ0n) is 11.5. The van der Waals surface area contributed by atoms with Crippen molar-refractivity contribution in [3.8, 4) is 11.1 Å². The van der Waals surface area contributed by atoms with Crippen molar-refractivity contribution in [2.75, 3.05) is 5.75 Å². The minimum Gasteiger partial charge on any atom is -0.460 e. The molecule has 0 aliphatic heterocycles. The molecule has 0 atom stereocenters. The van der Waals surface area contributed by atoms with E-state index in [2.05, 4.69) is 0 Å². The maximum Gasteiger partial charge on any atom is 0.442 e. The Morgan fingerprint density at radius 2 is 1.55 bits per heavy atom. The number of esters is 1. The molecule has 6 heteroatoms. The van der Waals surface area contributed by atoms with Crippen molar-refractivity contribution in [3.63, 3.8) is 0 Å². The van der Waals surface area contributed by atoms with E-state index in [4.69, 9.17) is 4.74 Å². The molecular formula is C16H13F3O2S. The summed E-state index contributed by atoms with van der Waals surface area (Å²) in [5, 5.41) is 0. The highest BCUT2D eigenvalue weighted by molar-refractivity contribution is 8.00. The molecule has 0 fully saturated rings. The Balaban J connectivity index is 1.86. The highest BCUT2D eigenvalue weighted by atomic mass is 32.2. The fourth-order valence-corrected chi connectivity index (χ4v) is 2.14. The number of alkyl halides is 3. The molecule has 0 N–H and O–H groups in total. The summed E-state index contributed by atoms with van der Waals surface area (Å²) < 4.78 is 40.6. The van der Waals surface area contributed by atoms with E-state index >= 15 is 0 Å². The number of thioether (sulfide) groups is 1. The fourth-order valence-electron chi connectivity index (χ4n) is 1.77. The first kappa shape index (κ1) is 16.4. The molecule has 0 saturated heterocycles. The zero-order valence-corrected chi connectivity index (χ0v) is 12.3. The van der Waals surface area contributed by atoms with Crippen molar-refractivity contribution in [3.05, 3.63) is 60.2 Å². The number of carbonyl (C=O) groups excluding carboxylic acids is 1. The Morgan fingerprint density at radius 3 is 2.14 bits per heavy atom. The van der Waals surface area contributed by atoms with E-state index in [0.717, 1.165) is 16.7 Å². The van der Waals surface area contributed by atoms with Crippen molar-refractivity contribution >= 4 is 17.7 Å². The van der Waals surface area contributed by atoms with E-state index in [-0.39, 0.29) is 6.61 Å². The van der Waals surface area contributed by atoms with Gasteiger partial charge >= 0.3 is 11.5 Å². The predicted octanol–water partition coefficient (Wildman–Crippen LogP) is 4.65. The van der Waals surface area contributed by atoms with Gasteiger partial charge in [-0.25, -0.2) is 0 Å². The van der Waals surface area contributed by atoms with Gasteiger partial charge in [0.25, 0.3) is 0 Å². The second-order valence-electron chi connectivity index (χ2n) is 4.46. The highest BCUT2D eigenvalue weighted by Gasteiger charge is 2.29. The lowest BCUT2D eigenvalue weighted by atomic mass is 10.0. The Morgan fingerprint density at radius 1 is 0.955 bits per heavy atom. The molecule has 0 aliphatic rings. The van der Waals surface area contributed by atoms with Gasteiger partial charge in [-0.1, -0.05) is 54.6 Å². The van der Waals surface area contributed by atoms with Crippen LogP contribution in [0.1, 0.15) is 5.56 Å². The third-order valence-corrected chi connectivity index (χ3v) is 3.52. The van der Waals surface area contributed by atoms with E-state index in [9.17, 15) is 18.0 Å². The smallest absolute Gasteiger partial charge is 0.442 e. The third kappa shape index (κ3) is 5.44. The van der Waals surface area contributed by atoms with E-state index < -0.39 is 29.0 Å². The Hall–Kier alpha value is -1.95. The number of carbonyl (C=O) groups is 1. The summed E-state index contributed by atoms with van der Waals surface area (Å²) in [4.78, 5) is 11.2. The third-order valence-electron chi connectivity index (χ3n) is 2.81. The van der Waals surface area contributed by atoms with Gasteiger partial charge in [0.1, 0.15) is 12.4 Å². The minimum absolute atomic E-state index is 0.0354. The normalized spacial score (nSPS) is 11.2. The highest BCUT2D eigenvalue weighted by Crippen LogP contribution is 2.30. The van der Waals surface area contributed by atoms with Gasteiger partial charge in [-0.15, -0.1) is 0 Å². The van der Waals surface area contributed by atoms with Crippen LogP contribution in [0.15, 0.2) is 54.6 Å². The number of hydrogen-bond donors (Lipinski definition) is 0. The maximum absolute atomic E-state index is 11.9. The topological polar surface area (TPSA) is 26.3 Å². The summed E-state index contributed by atoms with van der Waals surface area (Å²) in [6.07, 6.45) is 0. The van der Waals surface area contributed by atoms with Gasteiger partial charge in [0.15, 0.2) is 0 Å². The van der Waals surface area contributed by atoms with Gasteiger partial charge in [-0.3, -0.25) is 4.79 Å². The van der Waals surface area contributed by atoms with Crippen LogP contribution >= 0.6 is 11.8 Å². The van der Waals surface area contributed by atoms with Crippen LogP contribution in [0.2, 0.25) is 0 Å². The number of benzene rings is 2. The van der Waals surface area contributed by atoms with Crippen molar-refractivity contribution in [1.82, 2.24) is 0 Å². The van der Waals surface area contributed by atoms with Gasteiger partial charge in [-0.2, -0.15) is 13.2 Å². The van der Waals surface area contributed by atoms with E-state index in [1.165, 1.54) is 0 Å². The molecule has 2 rings (SSSR count). The standard InChI is InChI=1S/C16H13F3O2S/c17-16(18,19)22-11-15(20)21-10-12-6-8-14(9-7-12)13-4-2-1-3-5-13/h1-9H,10-11H2. The van der Waals surface area contributed by atoms with Crippen LogP contribution in [-0.4, -0.2) is 17.2 Å². The molecule has 0 aromatic heterocycles. The van der Waals surface area contributed by atoms with Crippen LogP contribution in [0.4, 0.5) is 13.2 Å². The van der Waals surface area contributed by atoms with Gasteiger partial charge in [-0.05, 0) is 28.5 Å². The molecule has 0 heterocycles. The Kier molecular flexibility index (Phi) is 5.49. The zero-order chi connectivity index (χ0) is 16.0. The van der Waals surface area contributed by atoms with Crippen molar-refractivity contribution in [1.29, 1.82) is 0 Å². The lowest BCUT2D eigenvalue weighted by molar-refractivity contribution is -0.141. The lowest BCUT2D eigenvalue weighted by Gasteiger charge is -2.07.